The fourth-order valence-electron chi connectivity index (χ4n) is 3.05. The first-order valence-corrected chi connectivity index (χ1v) is 8.09. The molecule has 0 saturated heterocycles. The molecule has 4 nitrogen and oxygen atoms in total. The van der Waals surface area contributed by atoms with Crippen molar-refractivity contribution in [2.45, 2.75) is 18.8 Å². The average molecular weight is 347 g/mol. The summed E-state index contributed by atoms with van der Waals surface area (Å²) in [4.78, 5) is 12.2. The van der Waals surface area contributed by atoms with E-state index in [0.29, 0.717) is 30.7 Å². The number of benzene rings is 2. The van der Waals surface area contributed by atoms with Crippen LogP contribution in [-0.4, -0.2) is 24.7 Å². The van der Waals surface area contributed by atoms with E-state index in [1.165, 1.54) is 25.3 Å². The molecule has 0 radical (unpaired) electrons. The molecule has 25 heavy (non-hydrogen) atoms. The lowest BCUT2D eigenvalue weighted by molar-refractivity contribution is -0.122. The van der Waals surface area contributed by atoms with E-state index in [9.17, 15) is 18.7 Å². The van der Waals surface area contributed by atoms with Crippen molar-refractivity contribution in [3.05, 3.63) is 59.2 Å². The molecule has 0 aromatic heterocycles. The van der Waals surface area contributed by atoms with Gasteiger partial charge in [-0.1, -0.05) is 18.2 Å². The summed E-state index contributed by atoms with van der Waals surface area (Å²) in [5, 5.41) is 12.8. The van der Waals surface area contributed by atoms with Crippen molar-refractivity contribution in [3.63, 3.8) is 0 Å². The molecule has 2 aromatic rings. The Bertz CT molecular complexity index is 774. The van der Waals surface area contributed by atoms with Gasteiger partial charge >= 0.3 is 0 Å². The Hall–Kier alpha value is -2.63. The van der Waals surface area contributed by atoms with Gasteiger partial charge in [-0.15, -0.1) is 0 Å². The van der Waals surface area contributed by atoms with Crippen LogP contribution in [0.15, 0.2) is 36.4 Å². The van der Waals surface area contributed by atoms with Crippen LogP contribution in [0.4, 0.5) is 8.78 Å². The Morgan fingerprint density at radius 1 is 1.24 bits per heavy atom. The van der Waals surface area contributed by atoms with Crippen LogP contribution in [0, 0.1) is 17.6 Å². The molecular formula is C19H19F2NO3. The average Bonchev–Trinajstić information content (AvgIpc) is 3.36. The number of rotatable bonds is 6. The molecule has 1 fully saturated rings. The first-order chi connectivity index (χ1) is 12.0. The molecule has 1 saturated carbocycles. The normalized spacial score (nSPS) is 18.7. The summed E-state index contributed by atoms with van der Waals surface area (Å²) in [5.74, 6) is -1.84. The molecule has 6 heteroatoms. The smallest absolute Gasteiger partial charge is 0.223 e. The predicted octanol–water partition coefficient (Wildman–Crippen LogP) is 3.14. The summed E-state index contributed by atoms with van der Waals surface area (Å²) < 4.78 is 32.5. The number of carbonyl (C=O) groups excluding carboxylic acids is 1. The lowest BCUT2D eigenvalue weighted by Crippen LogP contribution is -2.27. The summed E-state index contributed by atoms with van der Waals surface area (Å²) in [7, 11) is 1.47. The van der Waals surface area contributed by atoms with E-state index in [4.69, 9.17) is 4.74 Å². The maximum absolute atomic E-state index is 13.8. The highest BCUT2D eigenvalue weighted by Gasteiger charge is 2.46. The number of nitrogens with one attached hydrogen (secondary N) is 1. The summed E-state index contributed by atoms with van der Waals surface area (Å²) in [5.41, 5.74) is 0.653. The molecule has 1 amide bonds. The minimum absolute atomic E-state index is 0.00640. The lowest BCUT2D eigenvalue weighted by Gasteiger charge is -2.10. The number of amides is 1. The molecule has 1 aliphatic carbocycles. The van der Waals surface area contributed by atoms with Crippen molar-refractivity contribution in [2.24, 2.45) is 5.92 Å². The van der Waals surface area contributed by atoms with Gasteiger partial charge in [0.05, 0.1) is 7.11 Å². The summed E-state index contributed by atoms with van der Waals surface area (Å²) >= 11 is 0. The van der Waals surface area contributed by atoms with Crippen LogP contribution in [0.25, 0.3) is 0 Å². The molecule has 0 aliphatic heterocycles. The van der Waals surface area contributed by atoms with Gasteiger partial charge in [-0.05, 0) is 36.6 Å². The first-order valence-electron chi connectivity index (χ1n) is 8.09. The number of hydrogen-bond acceptors (Lipinski definition) is 3. The van der Waals surface area contributed by atoms with E-state index in [2.05, 4.69) is 5.32 Å². The molecule has 132 valence electrons. The second kappa shape index (κ2) is 7.09. The minimum atomic E-state index is -0.610. The summed E-state index contributed by atoms with van der Waals surface area (Å²) in [6.07, 6.45) is 0.869. The molecule has 1 aliphatic rings. The van der Waals surface area contributed by atoms with Gasteiger partial charge in [0, 0.05) is 23.9 Å². The zero-order chi connectivity index (χ0) is 18.0. The number of ether oxygens (including phenoxy) is 1. The van der Waals surface area contributed by atoms with Gasteiger partial charge in [-0.3, -0.25) is 4.79 Å². The van der Waals surface area contributed by atoms with Crippen LogP contribution in [-0.2, 0) is 11.2 Å². The van der Waals surface area contributed by atoms with Crippen molar-refractivity contribution in [2.75, 3.05) is 13.7 Å². The number of halogens is 2. The van der Waals surface area contributed by atoms with Gasteiger partial charge < -0.3 is 15.2 Å². The zero-order valence-corrected chi connectivity index (χ0v) is 13.8. The van der Waals surface area contributed by atoms with Crippen LogP contribution >= 0.6 is 0 Å². The van der Waals surface area contributed by atoms with Gasteiger partial charge in [0.25, 0.3) is 0 Å². The number of methoxy groups -OCH3 is 1. The third kappa shape index (κ3) is 3.57. The van der Waals surface area contributed by atoms with Crippen molar-refractivity contribution in [1.29, 1.82) is 0 Å². The molecule has 3 rings (SSSR count). The van der Waals surface area contributed by atoms with Gasteiger partial charge in [-0.25, -0.2) is 8.78 Å². The highest BCUT2D eigenvalue weighted by molar-refractivity contribution is 5.82. The van der Waals surface area contributed by atoms with Crippen LogP contribution < -0.4 is 10.1 Å². The van der Waals surface area contributed by atoms with Crippen molar-refractivity contribution in [3.8, 4) is 11.5 Å². The van der Waals surface area contributed by atoms with E-state index < -0.39 is 23.5 Å². The number of phenolic OH excluding ortho intramolecular Hbond substituents is 1. The number of carbonyl (C=O) groups is 1. The maximum atomic E-state index is 13.8. The van der Waals surface area contributed by atoms with Crippen molar-refractivity contribution in [1.82, 2.24) is 5.32 Å². The standard InChI is InChI=1S/C19H19F2NO3/c1-25-16-7-2-4-11(18(16)23)8-9-22-19(24)13-10-12(13)17-14(20)5-3-6-15(17)21/h2-7,12-13,23H,8-10H2,1H3,(H,22,24)/t12-,13-/m1/s1. The summed E-state index contributed by atoms with van der Waals surface area (Å²) in [6, 6.07) is 8.88. The van der Waals surface area contributed by atoms with Crippen LogP contribution in [0.5, 0.6) is 11.5 Å². The molecule has 0 spiro atoms. The number of hydrogen-bond donors (Lipinski definition) is 2. The van der Waals surface area contributed by atoms with Gasteiger partial charge in [-0.2, -0.15) is 0 Å². The molecular weight excluding hydrogens is 328 g/mol. The van der Waals surface area contributed by atoms with E-state index in [1.54, 1.807) is 18.2 Å². The number of para-hydroxylation sites is 1. The van der Waals surface area contributed by atoms with Crippen molar-refractivity contribution >= 4 is 5.91 Å². The zero-order valence-electron chi connectivity index (χ0n) is 13.8. The topological polar surface area (TPSA) is 58.6 Å². The molecule has 2 atom stereocenters. The van der Waals surface area contributed by atoms with E-state index in [-0.39, 0.29) is 17.2 Å². The van der Waals surface area contributed by atoms with E-state index >= 15 is 0 Å². The van der Waals surface area contributed by atoms with Gasteiger partial charge in [0.15, 0.2) is 11.5 Å². The summed E-state index contributed by atoms with van der Waals surface area (Å²) in [6.45, 7) is 0.322. The number of phenols is 1. The van der Waals surface area contributed by atoms with Crippen LogP contribution in [0.3, 0.4) is 0 Å². The number of aromatic hydroxyl groups is 1. The predicted molar refractivity (Wildman–Crippen MR) is 88.6 cm³/mol. The quantitative estimate of drug-likeness (QED) is 0.844. The third-order valence-corrected chi connectivity index (χ3v) is 4.49. The molecule has 2 N–H and O–H groups in total. The van der Waals surface area contributed by atoms with Crippen LogP contribution in [0.2, 0.25) is 0 Å². The Balaban J connectivity index is 1.55. The first kappa shape index (κ1) is 17.2. The Morgan fingerprint density at radius 3 is 2.60 bits per heavy atom. The maximum Gasteiger partial charge on any atom is 0.223 e. The Morgan fingerprint density at radius 2 is 1.92 bits per heavy atom. The largest absolute Gasteiger partial charge is 0.504 e. The SMILES string of the molecule is COc1cccc(CCNC(=O)[C@@H]2C[C@H]2c2c(F)cccc2F)c1O. The third-order valence-electron chi connectivity index (χ3n) is 4.49. The second-order valence-electron chi connectivity index (χ2n) is 6.09. The Kier molecular flexibility index (Phi) is 4.88. The van der Waals surface area contributed by atoms with Crippen LogP contribution in [0.1, 0.15) is 23.5 Å². The molecule has 0 heterocycles. The van der Waals surface area contributed by atoms with Crippen molar-refractivity contribution < 1.29 is 23.4 Å². The van der Waals surface area contributed by atoms with E-state index in [0.717, 1.165) is 0 Å². The fourth-order valence-corrected chi connectivity index (χ4v) is 3.05. The second-order valence-corrected chi connectivity index (χ2v) is 6.09. The highest BCUT2D eigenvalue weighted by Crippen LogP contribution is 2.49. The van der Waals surface area contributed by atoms with Gasteiger partial charge in [0.1, 0.15) is 11.6 Å². The lowest BCUT2D eigenvalue weighted by atomic mass is 10.1. The minimum Gasteiger partial charge on any atom is -0.504 e. The van der Waals surface area contributed by atoms with Gasteiger partial charge in [0.2, 0.25) is 5.91 Å². The Labute approximate surface area is 144 Å². The highest BCUT2D eigenvalue weighted by atomic mass is 19.1. The molecule has 2 aromatic carbocycles. The van der Waals surface area contributed by atoms with E-state index in [1.807, 2.05) is 0 Å². The molecule has 0 bridgehead atoms. The fraction of sp³-hybridized carbons (Fsp3) is 0.316. The monoisotopic (exact) mass is 347 g/mol. The molecule has 0 unspecified atom stereocenters.